The average molecular weight is 465 g/mol. The first-order chi connectivity index (χ1) is 16.1. The SMILES string of the molecule is CCOC(=O)CC1=CC(SCC(=O)N2CCN(c3ccccc3)CC2)=Nc2ccccc2N1. The second-order valence-electron chi connectivity index (χ2n) is 7.74. The Morgan fingerprint density at radius 3 is 2.52 bits per heavy atom. The van der Waals surface area contributed by atoms with Crippen molar-refractivity contribution >= 4 is 45.7 Å². The zero-order chi connectivity index (χ0) is 23.0. The number of thioether (sulfide) groups is 1. The van der Waals surface area contributed by atoms with Crippen LogP contribution in [-0.4, -0.2) is 60.4 Å². The molecule has 2 aromatic rings. The van der Waals surface area contributed by atoms with Crippen molar-refractivity contribution in [2.75, 3.05) is 48.8 Å². The zero-order valence-electron chi connectivity index (χ0n) is 18.7. The van der Waals surface area contributed by atoms with Crippen molar-refractivity contribution in [3.63, 3.8) is 0 Å². The van der Waals surface area contributed by atoms with Crippen molar-refractivity contribution in [3.8, 4) is 0 Å². The van der Waals surface area contributed by atoms with Crippen molar-refractivity contribution < 1.29 is 14.3 Å². The van der Waals surface area contributed by atoms with Crippen molar-refractivity contribution in [1.82, 2.24) is 4.90 Å². The first-order valence-corrected chi connectivity index (χ1v) is 12.1. The van der Waals surface area contributed by atoms with Gasteiger partial charge in [-0.3, -0.25) is 9.59 Å². The van der Waals surface area contributed by atoms with Gasteiger partial charge < -0.3 is 19.9 Å². The fourth-order valence-corrected chi connectivity index (χ4v) is 4.64. The third-order valence-corrected chi connectivity index (χ3v) is 6.36. The minimum absolute atomic E-state index is 0.0984. The fraction of sp³-hybridized carbons (Fsp3) is 0.320. The molecule has 0 aliphatic carbocycles. The van der Waals surface area contributed by atoms with Gasteiger partial charge in [0.25, 0.3) is 0 Å². The van der Waals surface area contributed by atoms with E-state index in [1.54, 1.807) is 6.92 Å². The second-order valence-corrected chi connectivity index (χ2v) is 8.73. The lowest BCUT2D eigenvalue weighted by Crippen LogP contribution is -2.49. The standard InChI is InChI=1S/C25H28N4O3S/c1-2-32-25(31)17-19-16-23(27-22-11-7-6-10-21(22)26-19)33-18-24(30)29-14-12-28(13-15-29)20-8-4-3-5-9-20/h3-11,16,26H,2,12-15,17-18H2,1H3. The molecular weight excluding hydrogens is 436 g/mol. The molecule has 0 radical (unpaired) electrons. The summed E-state index contributed by atoms with van der Waals surface area (Å²) >= 11 is 1.39. The molecule has 1 saturated heterocycles. The van der Waals surface area contributed by atoms with Crippen molar-refractivity contribution in [2.24, 2.45) is 4.99 Å². The Bertz CT molecular complexity index is 1050. The molecule has 1 amide bonds. The van der Waals surface area contributed by atoms with Crippen LogP contribution >= 0.6 is 11.8 Å². The summed E-state index contributed by atoms with van der Waals surface area (Å²) in [6.45, 7) is 5.18. The zero-order valence-corrected chi connectivity index (χ0v) is 19.5. The topological polar surface area (TPSA) is 74.2 Å². The lowest BCUT2D eigenvalue weighted by Gasteiger charge is -2.36. The summed E-state index contributed by atoms with van der Waals surface area (Å²) in [5.41, 5.74) is 3.50. The Morgan fingerprint density at radius 1 is 1.03 bits per heavy atom. The van der Waals surface area contributed by atoms with E-state index < -0.39 is 0 Å². The van der Waals surface area contributed by atoms with Gasteiger partial charge in [0.15, 0.2) is 0 Å². The van der Waals surface area contributed by atoms with E-state index in [1.165, 1.54) is 17.4 Å². The van der Waals surface area contributed by atoms with Gasteiger partial charge in [-0.25, -0.2) is 4.99 Å². The summed E-state index contributed by atoms with van der Waals surface area (Å²) in [4.78, 5) is 33.9. The number of aliphatic imine (C=N–C) groups is 1. The van der Waals surface area contributed by atoms with Crippen LogP contribution in [-0.2, 0) is 14.3 Å². The molecule has 1 fully saturated rings. The molecule has 8 heteroatoms. The van der Waals surface area contributed by atoms with E-state index in [4.69, 9.17) is 9.73 Å². The van der Waals surface area contributed by atoms with Crippen LogP contribution in [0.3, 0.4) is 0 Å². The maximum absolute atomic E-state index is 12.9. The van der Waals surface area contributed by atoms with Crippen molar-refractivity contribution in [1.29, 1.82) is 0 Å². The molecule has 172 valence electrons. The van der Waals surface area contributed by atoms with Crippen LogP contribution in [0.25, 0.3) is 0 Å². The molecule has 0 atom stereocenters. The molecule has 0 aromatic heterocycles. The number of carbonyl (C=O) groups excluding carboxylic acids is 2. The fourth-order valence-electron chi connectivity index (χ4n) is 3.80. The number of nitrogens with zero attached hydrogens (tertiary/aromatic N) is 3. The van der Waals surface area contributed by atoms with E-state index in [9.17, 15) is 9.59 Å². The van der Waals surface area contributed by atoms with Gasteiger partial charge in [0, 0.05) is 37.6 Å². The van der Waals surface area contributed by atoms with Gasteiger partial charge in [0.2, 0.25) is 5.91 Å². The third-order valence-electron chi connectivity index (χ3n) is 5.46. The molecule has 2 aromatic carbocycles. The minimum Gasteiger partial charge on any atom is -0.466 e. The third kappa shape index (κ3) is 6.16. The summed E-state index contributed by atoms with van der Waals surface area (Å²) in [5.74, 6) is 0.101. The molecule has 33 heavy (non-hydrogen) atoms. The van der Waals surface area contributed by atoms with Gasteiger partial charge in [0.05, 0.1) is 35.2 Å². The van der Waals surface area contributed by atoms with E-state index in [-0.39, 0.29) is 18.3 Å². The number of amides is 1. The number of nitrogens with one attached hydrogen (secondary N) is 1. The predicted octanol–water partition coefficient (Wildman–Crippen LogP) is 4.06. The summed E-state index contributed by atoms with van der Waals surface area (Å²) < 4.78 is 5.10. The van der Waals surface area contributed by atoms with E-state index in [0.717, 1.165) is 24.5 Å². The highest BCUT2D eigenvalue weighted by molar-refractivity contribution is 8.14. The Morgan fingerprint density at radius 2 is 1.76 bits per heavy atom. The van der Waals surface area contributed by atoms with Gasteiger partial charge in [0.1, 0.15) is 0 Å². The van der Waals surface area contributed by atoms with Crippen LogP contribution < -0.4 is 10.2 Å². The molecule has 4 rings (SSSR count). The summed E-state index contributed by atoms with van der Waals surface area (Å²) in [7, 11) is 0. The van der Waals surface area contributed by atoms with Crippen molar-refractivity contribution in [2.45, 2.75) is 13.3 Å². The summed E-state index contributed by atoms with van der Waals surface area (Å²) in [6.07, 6.45) is 1.96. The highest BCUT2D eigenvalue weighted by Gasteiger charge is 2.22. The number of rotatable bonds is 6. The maximum atomic E-state index is 12.9. The van der Waals surface area contributed by atoms with E-state index in [1.807, 2.05) is 53.4 Å². The van der Waals surface area contributed by atoms with Gasteiger partial charge in [-0.15, -0.1) is 0 Å². The number of benzene rings is 2. The van der Waals surface area contributed by atoms with Crippen LogP contribution in [0.2, 0.25) is 0 Å². The van der Waals surface area contributed by atoms with Crippen LogP contribution in [0.5, 0.6) is 0 Å². The molecule has 0 bridgehead atoms. The number of carbonyl (C=O) groups is 2. The molecule has 2 heterocycles. The lowest BCUT2D eigenvalue weighted by molar-refractivity contribution is -0.142. The molecule has 1 N–H and O–H groups in total. The van der Waals surface area contributed by atoms with Crippen LogP contribution in [0.1, 0.15) is 13.3 Å². The lowest BCUT2D eigenvalue weighted by atomic mass is 10.2. The number of ether oxygens (including phenoxy) is 1. The molecular formula is C25H28N4O3S. The number of hydrogen-bond donors (Lipinski definition) is 1. The van der Waals surface area contributed by atoms with Crippen molar-refractivity contribution in [3.05, 3.63) is 66.4 Å². The molecule has 0 unspecified atom stereocenters. The maximum Gasteiger partial charge on any atom is 0.311 e. The molecule has 0 spiro atoms. The monoisotopic (exact) mass is 464 g/mol. The Labute approximate surface area is 198 Å². The predicted molar refractivity (Wildman–Crippen MR) is 134 cm³/mol. The smallest absolute Gasteiger partial charge is 0.311 e. The van der Waals surface area contributed by atoms with Gasteiger partial charge in [-0.1, -0.05) is 42.1 Å². The first kappa shape index (κ1) is 22.9. The molecule has 0 saturated carbocycles. The van der Waals surface area contributed by atoms with E-state index in [2.05, 4.69) is 22.3 Å². The van der Waals surface area contributed by atoms with Gasteiger partial charge >= 0.3 is 5.97 Å². The molecule has 2 aliphatic heterocycles. The van der Waals surface area contributed by atoms with E-state index >= 15 is 0 Å². The number of fused-ring (bicyclic) bond motifs is 1. The van der Waals surface area contributed by atoms with Gasteiger partial charge in [-0.2, -0.15) is 0 Å². The van der Waals surface area contributed by atoms with Crippen LogP contribution in [0.4, 0.5) is 17.1 Å². The second kappa shape index (κ2) is 11.0. The number of anilines is 2. The van der Waals surface area contributed by atoms with Crippen LogP contribution in [0, 0.1) is 0 Å². The Kier molecular flexibility index (Phi) is 7.67. The number of piperazine rings is 1. The largest absolute Gasteiger partial charge is 0.466 e. The van der Waals surface area contributed by atoms with Gasteiger partial charge in [-0.05, 0) is 37.3 Å². The normalized spacial score (nSPS) is 15.5. The quantitative estimate of drug-likeness (QED) is 0.650. The number of para-hydroxylation sites is 3. The highest BCUT2D eigenvalue weighted by Crippen LogP contribution is 2.31. The first-order valence-electron chi connectivity index (χ1n) is 11.1. The Hall–Kier alpha value is -3.26. The number of esters is 1. The summed E-state index contributed by atoms with van der Waals surface area (Å²) in [6, 6.07) is 17.9. The molecule has 2 aliphatic rings. The van der Waals surface area contributed by atoms with E-state index in [0.29, 0.717) is 36.2 Å². The summed E-state index contributed by atoms with van der Waals surface area (Å²) in [5, 5.41) is 3.98. The highest BCUT2D eigenvalue weighted by atomic mass is 32.2. The Balaban J connectivity index is 1.38. The van der Waals surface area contributed by atoms with Crippen LogP contribution in [0.15, 0.2) is 71.4 Å². The minimum atomic E-state index is -0.299. The average Bonchev–Trinajstić information content (AvgIpc) is 3.01. The number of hydrogen-bond acceptors (Lipinski definition) is 7. The molecule has 7 nitrogen and oxygen atoms in total.